The van der Waals surface area contributed by atoms with Gasteiger partial charge in [0.1, 0.15) is 5.75 Å². The van der Waals surface area contributed by atoms with E-state index in [-0.39, 0.29) is 0 Å². The van der Waals surface area contributed by atoms with Gasteiger partial charge in [0.05, 0.1) is 19.3 Å². The average Bonchev–Trinajstić information content (AvgIpc) is 3.04. The van der Waals surface area contributed by atoms with Gasteiger partial charge in [-0.2, -0.15) is 5.10 Å². The van der Waals surface area contributed by atoms with Gasteiger partial charge in [-0.25, -0.2) is 0 Å². The van der Waals surface area contributed by atoms with E-state index in [1.165, 1.54) is 16.7 Å². The van der Waals surface area contributed by atoms with Crippen molar-refractivity contribution in [2.75, 3.05) is 6.61 Å². The maximum absolute atomic E-state index is 5.53. The van der Waals surface area contributed by atoms with Crippen molar-refractivity contribution in [1.29, 1.82) is 0 Å². The summed E-state index contributed by atoms with van der Waals surface area (Å²) in [5.41, 5.74) is 3.85. The van der Waals surface area contributed by atoms with Crippen molar-refractivity contribution in [3.05, 3.63) is 47.3 Å². The number of rotatable bonds is 5. The fourth-order valence-electron chi connectivity index (χ4n) is 2.55. The van der Waals surface area contributed by atoms with Crippen molar-refractivity contribution in [3.63, 3.8) is 0 Å². The number of fused-ring (bicyclic) bond motifs is 1. The minimum absolute atomic E-state index is 0.388. The Morgan fingerprint density at radius 1 is 1.45 bits per heavy atom. The molecule has 2 aromatic rings. The van der Waals surface area contributed by atoms with Crippen LogP contribution in [0.4, 0.5) is 0 Å². The second kappa shape index (κ2) is 5.67. The summed E-state index contributed by atoms with van der Waals surface area (Å²) < 4.78 is 7.52. The Kier molecular flexibility index (Phi) is 3.74. The molecular weight excluding hydrogens is 250 g/mol. The number of nitrogens with one attached hydrogen (secondary N) is 1. The van der Waals surface area contributed by atoms with Gasteiger partial charge in [0.2, 0.25) is 0 Å². The Bertz CT molecular complexity index is 591. The largest absolute Gasteiger partial charge is 0.493 e. The molecule has 0 saturated carbocycles. The SMILES string of the molecule is Cc1cnn(CC(C)NCc2ccc3c(c2)CCO3)c1. The highest BCUT2D eigenvalue weighted by Crippen LogP contribution is 2.25. The van der Waals surface area contributed by atoms with Crippen molar-refractivity contribution in [3.8, 4) is 5.75 Å². The van der Waals surface area contributed by atoms with Crippen molar-refractivity contribution in [2.45, 2.75) is 39.4 Å². The Morgan fingerprint density at radius 2 is 2.35 bits per heavy atom. The van der Waals surface area contributed by atoms with E-state index in [4.69, 9.17) is 4.74 Å². The molecule has 1 aromatic carbocycles. The smallest absolute Gasteiger partial charge is 0.122 e. The third kappa shape index (κ3) is 3.02. The van der Waals surface area contributed by atoms with E-state index in [2.05, 4.69) is 48.7 Å². The molecule has 3 rings (SSSR count). The van der Waals surface area contributed by atoms with E-state index >= 15 is 0 Å². The van der Waals surface area contributed by atoms with Gasteiger partial charge in [-0.1, -0.05) is 12.1 Å². The molecule has 0 saturated heterocycles. The number of aromatic nitrogens is 2. The molecule has 0 amide bonds. The number of hydrogen-bond acceptors (Lipinski definition) is 3. The monoisotopic (exact) mass is 271 g/mol. The minimum atomic E-state index is 0.388. The van der Waals surface area contributed by atoms with Gasteiger partial charge in [-0.05, 0) is 36.6 Å². The minimum Gasteiger partial charge on any atom is -0.493 e. The molecule has 4 heteroatoms. The highest BCUT2D eigenvalue weighted by Gasteiger charge is 2.12. The topological polar surface area (TPSA) is 39.1 Å². The van der Waals surface area contributed by atoms with Crippen LogP contribution in [0, 0.1) is 6.92 Å². The van der Waals surface area contributed by atoms with Crippen molar-refractivity contribution >= 4 is 0 Å². The van der Waals surface area contributed by atoms with Gasteiger partial charge in [0.25, 0.3) is 0 Å². The zero-order valence-electron chi connectivity index (χ0n) is 12.1. The molecule has 0 fully saturated rings. The Labute approximate surface area is 119 Å². The van der Waals surface area contributed by atoms with Crippen LogP contribution in [-0.2, 0) is 19.5 Å². The van der Waals surface area contributed by atoms with Gasteiger partial charge < -0.3 is 10.1 Å². The molecule has 2 heterocycles. The summed E-state index contributed by atoms with van der Waals surface area (Å²) >= 11 is 0. The van der Waals surface area contributed by atoms with Crippen LogP contribution < -0.4 is 10.1 Å². The Balaban J connectivity index is 1.53. The molecule has 0 bridgehead atoms. The van der Waals surface area contributed by atoms with Crippen molar-refractivity contribution in [1.82, 2.24) is 15.1 Å². The molecule has 1 aliphatic heterocycles. The fraction of sp³-hybridized carbons (Fsp3) is 0.438. The third-order valence-corrected chi connectivity index (χ3v) is 3.63. The summed E-state index contributed by atoms with van der Waals surface area (Å²) in [5.74, 6) is 1.05. The molecule has 0 radical (unpaired) electrons. The Morgan fingerprint density at radius 3 is 3.15 bits per heavy atom. The first kappa shape index (κ1) is 13.2. The molecule has 1 atom stereocenters. The maximum atomic E-state index is 5.53. The summed E-state index contributed by atoms with van der Waals surface area (Å²) in [6, 6.07) is 6.86. The summed E-state index contributed by atoms with van der Waals surface area (Å²) in [4.78, 5) is 0. The maximum Gasteiger partial charge on any atom is 0.122 e. The van der Waals surface area contributed by atoms with Gasteiger partial charge in [0, 0.05) is 25.2 Å². The first-order valence-corrected chi connectivity index (χ1v) is 7.18. The fourth-order valence-corrected chi connectivity index (χ4v) is 2.55. The standard InChI is InChI=1S/C16H21N3O/c1-12-8-18-19(10-12)11-13(2)17-9-14-3-4-16-15(7-14)5-6-20-16/h3-4,7-8,10,13,17H,5-6,9,11H2,1-2H3. The first-order chi connectivity index (χ1) is 9.70. The van der Waals surface area contributed by atoms with Gasteiger partial charge in [-0.15, -0.1) is 0 Å². The zero-order chi connectivity index (χ0) is 13.9. The van der Waals surface area contributed by atoms with E-state index in [1.807, 2.05) is 10.9 Å². The number of ether oxygens (including phenoxy) is 1. The molecule has 4 nitrogen and oxygen atoms in total. The number of aryl methyl sites for hydroxylation is 1. The van der Waals surface area contributed by atoms with E-state index in [9.17, 15) is 0 Å². The number of nitrogens with zero attached hydrogens (tertiary/aromatic N) is 2. The lowest BCUT2D eigenvalue weighted by Gasteiger charge is -2.14. The summed E-state index contributed by atoms with van der Waals surface area (Å²) in [7, 11) is 0. The second-order valence-electron chi connectivity index (χ2n) is 5.56. The van der Waals surface area contributed by atoms with Gasteiger partial charge in [0.15, 0.2) is 0 Å². The summed E-state index contributed by atoms with van der Waals surface area (Å²) in [6.07, 6.45) is 5.00. The second-order valence-corrected chi connectivity index (χ2v) is 5.56. The molecule has 20 heavy (non-hydrogen) atoms. The lowest BCUT2D eigenvalue weighted by atomic mass is 10.1. The van der Waals surface area contributed by atoms with Crippen molar-refractivity contribution < 1.29 is 4.74 Å². The lowest BCUT2D eigenvalue weighted by Crippen LogP contribution is -2.30. The summed E-state index contributed by atoms with van der Waals surface area (Å²) in [6.45, 7) is 6.85. The van der Waals surface area contributed by atoms with Gasteiger partial charge >= 0.3 is 0 Å². The molecule has 1 aliphatic rings. The number of benzene rings is 1. The van der Waals surface area contributed by atoms with E-state index in [0.29, 0.717) is 6.04 Å². The van der Waals surface area contributed by atoms with E-state index in [1.54, 1.807) is 0 Å². The van der Waals surface area contributed by atoms with Crippen LogP contribution in [0.25, 0.3) is 0 Å². The van der Waals surface area contributed by atoms with E-state index < -0.39 is 0 Å². The number of hydrogen-bond donors (Lipinski definition) is 1. The van der Waals surface area contributed by atoms with Crippen LogP contribution in [-0.4, -0.2) is 22.4 Å². The highest BCUT2D eigenvalue weighted by atomic mass is 16.5. The van der Waals surface area contributed by atoms with Crippen LogP contribution >= 0.6 is 0 Å². The van der Waals surface area contributed by atoms with Crippen LogP contribution in [0.15, 0.2) is 30.6 Å². The molecule has 1 unspecified atom stereocenters. The van der Waals surface area contributed by atoms with E-state index in [0.717, 1.165) is 31.9 Å². The third-order valence-electron chi connectivity index (χ3n) is 3.63. The predicted molar refractivity (Wildman–Crippen MR) is 78.9 cm³/mol. The highest BCUT2D eigenvalue weighted by molar-refractivity contribution is 5.39. The zero-order valence-corrected chi connectivity index (χ0v) is 12.1. The van der Waals surface area contributed by atoms with Gasteiger partial charge in [-0.3, -0.25) is 4.68 Å². The molecule has 0 aliphatic carbocycles. The first-order valence-electron chi connectivity index (χ1n) is 7.18. The quantitative estimate of drug-likeness (QED) is 0.907. The average molecular weight is 271 g/mol. The summed E-state index contributed by atoms with van der Waals surface area (Å²) in [5, 5.41) is 7.86. The van der Waals surface area contributed by atoms with Crippen LogP contribution in [0.5, 0.6) is 5.75 Å². The van der Waals surface area contributed by atoms with Crippen molar-refractivity contribution in [2.24, 2.45) is 0 Å². The predicted octanol–water partition coefficient (Wildman–Crippen LogP) is 2.30. The molecule has 1 aromatic heterocycles. The lowest BCUT2D eigenvalue weighted by molar-refractivity contribution is 0.357. The molecule has 106 valence electrons. The molecule has 0 spiro atoms. The molecular formula is C16H21N3O. The Hall–Kier alpha value is -1.81. The normalized spacial score (nSPS) is 14.9. The van der Waals surface area contributed by atoms with Crippen LogP contribution in [0.1, 0.15) is 23.6 Å². The van der Waals surface area contributed by atoms with Crippen LogP contribution in [0.3, 0.4) is 0 Å². The van der Waals surface area contributed by atoms with Crippen LogP contribution in [0.2, 0.25) is 0 Å². The molecule has 1 N–H and O–H groups in total.